The quantitative estimate of drug-likeness (QED) is 0.346. The first-order chi connectivity index (χ1) is 15.3. The van der Waals surface area contributed by atoms with Crippen LogP contribution in [0.3, 0.4) is 0 Å². The summed E-state index contributed by atoms with van der Waals surface area (Å²) in [5.74, 6) is 0. The van der Waals surface area contributed by atoms with Crippen LogP contribution in [0.5, 0.6) is 0 Å². The molecule has 6 rings (SSSR count). The molecule has 158 valence electrons. The average molecular weight is 624 g/mol. The van der Waals surface area contributed by atoms with Crippen LogP contribution in [0.4, 0.5) is 22.7 Å². The van der Waals surface area contributed by atoms with Crippen molar-refractivity contribution < 1.29 is 15.7 Å². The molecule has 0 atom stereocenters. The van der Waals surface area contributed by atoms with E-state index in [4.69, 9.17) is 19.2 Å². The molecule has 0 aliphatic carbocycles. The second kappa shape index (κ2) is 10.6. The van der Waals surface area contributed by atoms with E-state index in [0.29, 0.717) is 0 Å². The Labute approximate surface area is 196 Å². The van der Waals surface area contributed by atoms with E-state index in [1.165, 1.54) is 0 Å². The van der Waals surface area contributed by atoms with E-state index in [1.807, 2.05) is 24.3 Å². The van der Waals surface area contributed by atoms with Gasteiger partial charge in [-0.2, -0.15) is 24.8 Å². The van der Waals surface area contributed by atoms with E-state index < -0.39 is 15.7 Å². The van der Waals surface area contributed by atoms with Crippen molar-refractivity contribution in [1.82, 2.24) is 0 Å². The first-order valence-electron chi connectivity index (χ1n) is 9.32. The van der Waals surface area contributed by atoms with Gasteiger partial charge in [0.05, 0.1) is 0 Å². The molecule has 0 fully saturated rings. The molecule has 7 heteroatoms. The number of allylic oxidation sites excluding steroid dienone is 4. The Hall–Kier alpha value is -2.69. The van der Waals surface area contributed by atoms with Gasteiger partial charge in [0.25, 0.3) is 0 Å². The van der Waals surface area contributed by atoms with Crippen molar-refractivity contribution in [3.05, 3.63) is 116 Å². The van der Waals surface area contributed by atoms with Crippen molar-refractivity contribution in [1.29, 1.82) is 0 Å². The summed E-state index contributed by atoms with van der Waals surface area (Å²) in [5, 5.41) is 21.9. The van der Waals surface area contributed by atoms with Gasteiger partial charge in [-0.05, 0) is 20.9 Å². The zero-order valence-corrected chi connectivity index (χ0v) is 20.0. The summed E-state index contributed by atoms with van der Waals surface area (Å²) < 4.78 is 0. The monoisotopic (exact) mass is 623 g/mol. The predicted octanol–water partition coefficient (Wildman–Crippen LogP) is 6.00. The van der Waals surface area contributed by atoms with E-state index in [0.717, 1.165) is 43.6 Å². The molecule has 4 nitrogen and oxygen atoms in total. The number of halogens is 2. The number of rotatable bonds is 0. The van der Waals surface area contributed by atoms with E-state index in [2.05, 4.69) is 69.8 Å². The zero-order chi connectivity index (χ0) is 21.5. The summed E-state index contributed by atoms with van der Waals surface area (Å²) >= 11 is -0.556. The molecule has 0 aromatic heterocycles. The molecule has 0 amide bonds. The van der Waals surface area contributed by atoms with E-state index in [1.54, 1.807) is 24.8 Å². The Morgan fingerprint density at radius 3 is 0.903 bits per heavy atom. The fraction of sp³-hybridized carbons (Fsp3) is 0. The summed E-state index contributed by atoms with van der Waals surface area (Å²) in [5.41, 5.74) is 3.91. The van der Waals surface area contributed by atoms with E-state index in [-0.39, 0.29) is 0 Å². The van der Waals surface area contributed by atoms with Crippen molar-refractivity contribution in [2.45, 2.75) is 0 Å². The third-order valence-corrected chi connectivity index (χ3v) is 4.69. The Kier molecular flexibility index (Phi) is 7.34. The molecule has 0 saturated heterocycles. The van der Waals surface area contributed by atoms with Gasteiger partial charge in [-0.3, -0.25) is 0 Å². The number of nitrogens with zero attached hydrogens (tertiary/aromatic N) is 4. The molecule has 0 radical (unpaired) electrons. The van der Waals surface area contributed by atoms with Gasteiger partial charge in [-0.25, -0.2) is 0 Å². The van der Waals surface area contributed by atoms with Crippen molar-refractivity contribution in [2.24, 2.45) is 0 Å². The second-order valence-electron chi connectivity index (χ2n) is 6.48. The molecule has 2 aromatic carbocycles. The second-order valence-corrected chi connectivity index (χ2v) is 9.94. The zero-order valence-electron chi connectivity index (χ0n) is 16.1. The third-order valence-electron chi connectivity index (χ3n) is 4.69. The van der Waals surface area contributed by atoms with Crippen LogP contribution in [-0.4, -0.2) is 0 Å². The van der Waals surface area contributed by atoms with Crippen LogP contribution >= 0.6 is 19.2 Å². The normalized spacial score (nSPS) is 14.6. The van der Waals surface area contributed by atoms with Crippen molar-refractivity contribution >= 4 is 66.2 Å². The van der Waals surface area contributed by atoms with Crippen LogP contribution in [0.15, 0.2) is 73.4 Å². The maximum atomic E-state index is 4.89. The molecule has 2 aromatic rings. The van der Waals surface area contributed by atoms with Gasteiger partial charge in [-0.1, -0.05) is 72.9 Å². The Morgan fingerprint density at radius 1 is 0.452 bits per heavy atom. The van der Waals surface area contributed by atoms with Gasteiger partial charge >= 0.3 is 34.8 Å². The van der Waals surface area contributed by atoms with Crippen LogP contribution in [0.2, 0.25) is 0 Å². The van der Waals surface area contributed by atoms with Crippen LogP contribution in [-0.2, 0) is 15.7 Å². The van der Waals surface area contributed by atoms with Gasteiger partial charge in [0.15, 0.2) is 0 Å². The van der Waals surface area contributed by atoms with Gasteiger partial charge in [0.1, 0.15) is 0 Å². The SMILES string of the molecule is C1=C[N-]c2c3c(ccc2=C1)=CC=C[N-]3.C1=C[N-]c2c3c(ccc2=C1)=CC=C[N-]3.[Cl][Ir+][Cl]. The Balaban J connectivity index is 0.000000133. The molecule has 31 heavy (non-hydrogen) atoms. The van der Waals surface area contributed by atoms with E-state index in [9.17, 15) is 0 Å². The van der Waals surface area contributed by atoms with Gasteiger partial charge in [0.2, 0.25) is 0 Å². The van der Waals surface area contributed by atoms with Crippen molar-refractivity contribution in [3.8, 4) is 0 Å². The molecule has 0 saturated carbocycles. The molecule has 4 heterocycles. The number of hydrogen-bond donors (Lipinski definition) is 0. The van der Waals surface area contributed by atoms with Crippen LogP contribution < -0.4 is 20.9 Å². The van der Waals surface area contributed by atoms with Crippen LogP contribution in [0, 0.1) is 0 Å². The molecule has 4 aliphatic rings. The van der Waals surface area contributed by atoms with E-state index >= 15 is 0 Å². The fourth-order valence-electron chi connectivity index (χ4n) is 3.36. The summed E-state index contributed by atoms with van der Waals surface area (Å²) in [7, 11) is 9.78. The van der Waals surface area contributed by atoms with Gasteiger partial charge in [-0.15, -0.1) is 22.7 Å². The minimum absolute atomic E-state index is 0.556. The summed E-state index contributed by atoms with van der Waals surface area (Å²) in [6.07, 6.45) is 23.2. The molecule has 0 bridgehead atoms. The maximum absolute atomic E-state index is 4.89. The number of fused-ring (bicyclic) bond motifs is 6. The third kappa shape index (κ3) is 4.97. The summed E-state index contributed by atoms with van der Waals surface area (Å²) in [4.78, 5) is 0. The molecular formula is C24H16Cl2IrN4-3. The van der Waals surface area contributed by atoms with Gasteiger partial charge < -0.3 is 21.3 Å². The minimum atomic E-state index is -0.556. The molecule has 0 unspecified atom stereocenters. The molecule has 0 N–H and O–H groups in total. The first kappa shape index (κ1) is 21.5. The average Bonchev–Trinajstić information content (AvgIpc) is 2.85. The molecule has 4 aliphatic heterocycles. The fourth-order valence-corrected chi connectivity index (χ4v) is 3.36. The first-order valence-corrected chi connectivity index (χ1v) is 15.3. The number of benzene rings is 2. The Bertz CT molecular complexity index is 1140. The standard InChI is InChI=1S/2C12H8N2.2ClH.Ir/c2*1-3-9-5-6-10-4-2-8-14-12(10)11(9)13-7-1;;;/h2*1-8H;2*1H;/q2*-2;;;+3/p-2. The topological polar surface area (TPSA) is 56.4 Å². The van der Waals surface area contributed by atoms with Gasteiger partial charge in [0, 0.05) is 0 Å². The molecular weight excluding hydrogens is 607 g/mol. The number of hydrogen-bond acceptors (Lipinski definition) is 0. The Morgan fingerprint density at radius 2 is 0.677 bits per heavy atom. The van der Waals surface area contributed by atoms with Crippen LogP contribution in [0.1, 0.15) is 0 Å². The summed E-state index contributed by atoms with van der Waals surface area (Å²) in [6.45, 7) is 0. The van der Waals surface area contributed by atoms with Crippen molar-refractivity contribution in [2.75, 3.05) is 0 Å². The molecule has 0 spiro atoms. The van der Waals surface area contributed by atoms with Crippen molar-refractivity contribution in [3.63, 3.8) is 0 Å². The van der Waals surface area contributed by atoms with Crippen LogP contribution in [0.25, 0.3) is 45.6 Å². The predicted molar refractivity (Wildman–Crippen MR) is 130 cm³/mol. The summed E-state index contributed by atoms with van der Waals surface area (Å²) in [6, 6.07) is 8.30.